The van der Waals surface area contributed by atoms with Crippen LogP contribution in [0.2, 0.25) is 0 Å². The molecule has 0 aromatic heterocycles. The van der Waals surface area contributed by atoms with E-state index < -0.39 is 0 Å². The molecule has 1 amide bonds. The average Bonchev–Trinajstić information content (AvgIpc) is 3.07. The summed E-state index contributed by atoms with van der Waals surface area (Å²) in [6, 6.07) is 9.38. The van der Waals surface area contributed by atoms with Crippen molar-refractivity contribution in [3.63, 3.8) is 0 Å². The zero-order valence-electron chi connectivity index (χ0n) is 10.4. The van der Waals surface area contributed by atoms with Gasteiger partial charge in [-0.1, -0.05) is 12.1 Å². The molecule has 2 N–H and O–H groups in total. The van der Waals surface area contributed by atoms with Gasteiger partial charge >= 0.3 is 0 Å². The van der Waals surface area contributed by atoms with Gasteiger partial charge in [-0.3, -0.25) is 4.79 Å². The molecular formula is C14H16ClN3O. The Kier molecular flexibility index (Phi) is 4.08. The highest BCUT2D eigenvalue weighted by atomic mass is 35.5. The standard InChI is InChI=1S/C14H15N3O.ClH/c15-6-9-1-3-10(4-2-9)7-17-14(18)13-12-5-11(12)8-16-13;/h1-4,11-13,16H,5,7-8H2,(H,17,18);1H. The quantitative estimate of drug-likeness (QED) is 0.873. The molecule has 2 fully saturated rings. The number of halogens is 1. The third kappa shape index (κ3) is 2.89. The number of hydrogen-bond donors (Lipinski definition) is 2. The minimum absolute atomic E-state index is 0. The van der Waals surface area contributed by atoms with Crippen molar-refractivity contribution in [1.29, 1.82) is 5.26 Å². The van der Waals surface area contributed by atoms with Crippen molar-refractivity contribution in [1.82, 2.24) is 10.6 Å². The molecule has 100 valence electrons. The van der Waals surface area contributed by atoms with Crippen LogP contribution in [0, 0.1) is 23.2 Å². The maximum Gasteiger partial charge on any atom is 0.237 e. The lowest BCUT2D eigenvalue weighted by Gasteiger charge is -2.13. The van der Waals surface area contributed by atoms with Crippen molar-refractivity contribution in [3.05, 3.63) is 35.4 Å². The van der Waals surface area contributed by atoms with E-state index in [0.717, 1.165) is 18.0 Å². The van der Waals surface area contributed by atoms with Gasteiger partial charge in [0.05, 0.1) is 17.7 Å². The third-order valence-corrected chi connectivity index (χ3v) is 3.84. The van der Waals surface area contributed by atoms with Crippen LogP contribution in [0.5, 0.6) is 0 Å². The summed E-state index contributed by atoms with van der Waals surface area (Å²) in [6.45, 7) is 1.51. The second-order valence-corrected chi connectivity index (χ2v) is 5.07. The fourth-order valence-corrected chi connectivity index (χ4v) is 2.63. The molecule has 0 spiro atoms. The van der Waals surface area contributed by atoms with Gasteiger partial charge in [-0.2, -0.15) is 5.26 Å². The number of nitriles is 1. The minimum Gasteiger partial charge on any atom is -0.351 e. The minimum atomic E-state index is 0. The molecule has 3 rings (SSSR count). The summed E-state index contributed by atoms with van der Waals surface area (Å²) >= 11 is 0. The smallest absolute Gasteiger partial charge is 0.237 e. The number of benzene rings is 1. The topological polar surface area (TPSA) is 64.9 Å². The van der Waals surface area contributed by atoms with Crippen molar-refractivity contribution in [3.8, 4) is 6.07 Å². The normalized spacial score (nSPS) is 26.8. The van der Waals surface area contributed by atoms with Crippen molar-refractivity contribution < 1.29 is 4.79 Å². The van der Waals surface area contributed by atoms with Gasteiger partial charge in [0.1, 0.15) is 0 Å². The fourth-order valence-electron chi connectivity index (χ4n) is 2.63. The van der Waals surface area contributed by atoms with E-state index in [9.17, 15) is 4.79 Å². The first kappa shape index (κ1) is 13.9. The summed E-state index contributed by atoms with van der Waals surface area (Å²) in [4.78, 5) is 12.0. The highest BCUT2D eigenvalue weighted by Crippen LogP contribution is 2.44. The van der Waals surface area contributed by atoms with Gasteiger partial charge in [0.2, 0.25) is 5.91 Å². The summed E-state index contributed by atoms with van der Waals surface area (Å²) in [7, 11) is 0. The van der Waals surface area contributed by atoms with Crippen molar-refractivity contribution in [2.75, 3.05) is 6.54 Å². The van der Waals surface area contributed by atoms with E-state index in [1.165, 1.54) is 6.42 Å². The van der Waals surface area contributed by atoms with E-state index in [2.05, 4.69) is 16.7 Å². The van der Waals surface area contributed by atoms with Crippen LogP contribution in [0.4, 0.5) is 0 Å². The van der Waals surface area contributed by atoms with E-state index in [1.807, 2.05) is 12.1 Å². The van der Waals surface area contributed by atoms with E-state index in [-0.39, 0.29) is 24.4 Å². The second kappa shape index (κ2) is 5.60. The number of amides is 1. The van der Waals surface area contributed by atoms with Crippen LogP contribution < -0.4 is 10.6 Å². The number of hydrogen-bond acceptors (Lipinski definition) is 3. The Morgan fingerprint density at radius 1 is 1.42 bits per heavy atom. The van der Waals surface area contributed by atoms with E-state index in [0.29, 0.717) is 18.0 Å². The van der Waals surface area contributed by atoms with Gasteiger partial charge in [-0.15, -0.1) is 12.4 Å². The monoisotopic (exact) mass is 277 g/mol. The summed E-state index contributed by atoms with van der Waals surface area (Å²) in [5.74, 6) is 1.39. The Labute approximate surface area is 118 Å². The fraction of sp³-hybridized carbons (Fsp3) is 0.429. The first-order chi connectivity index (χ1) is 8.78. The van der Waals surface area contributed by atoms with Crippen molar-refractivity contribution >= 4 is 18.3 Å². The molecule has 3 atom stereocenters. The van der Waals surface area contributed by atoms with E-state index in [4.69, 9.17) is 5.26 Å². The number of rotatable bonds is 3. The van der Waals surface area contributed by atoms with Gasteiger partial charge in [-0.05, 0) is 42.5 Å². The molecule has 1 saturated carbocycles. The predicted molar refractivity (Wildman–Crippen MR) is 73.6 cm³/mol. The molecule has 0 bridgehead atoms. The highest BCUT2D eigenvalue weighted by molar-refractivity contribution is 5.85. The summed E-state index contributed by atoms with van der Waals surface area (Å²) in [5.41, 5.74) is 1.66. The zero-order chi connectivity index (χ0) is 12.5. The molecule has 1 aromatic carbocycles. The molecule has 2 aliphatic rings. The molecule has 4 nitrogen and oxygen atoms in total. The van der Waals surface area contributed by atoms with Gasteiger partial charge in [-0.25, -0.2) is 0 Å². The molecule has 0 radical (unpaired) electrons. The predicted octanol–water partition coefficient (Wildman–Crippen LogP) is 1.20. The summed E-state index contributed by atoms with van der Waals surface area (Å²) < 4.78 is 0. The van der Waals surface area contributed by atoms with Crippen LogP contribution in [0.1, 0.15) is 17.5 Å². The average molecular weight is 278 g/mol. The second-order valence-electron chi connectivity index (χ2n) is 5.07. The third-order valence-electron chi connectivity index (χ3n) is 3.84. The van der Waals surface area contributed by atoms with Crippen molar-refractivity contribution in [2.45, 2.75) is 19.0 Å². The van der Waals surface area contributed by atoms with Gasteiger partial charge in [0.25, 0.3) is 0 Å². The first-order valence-electron chi connectivity index (χ1n) is 6.28. The first-order valence-corrected chi connectivity index (χ1v) is 6.28. The Bertz CT molecular complexity index is 508. The molecule has 1 heterocycles. The highest BCUT2D eigenvalue weighted by Gasteiger charge is 2.50. The van der Waals surface area contributed by atoms with Gasteiger partial charge in [0.15, 0.2) is 0 Å². The largest absolute Gasteiger partial charge is 0.351 e. The summed E-state index contributed by atoms with van der Waals surface area (Å²) in [5, 5.41) is 14.9. The Hall–Kier alpha value is -1.57. The van der Waals surface area contributed by atoms with E-state index in [1.54, 1.807) is 12.1 Å². The Morgan fingerprint density at radius 3 is 2.68 bits per heavy atom. The number of carbonyl (C=O) groups is 1. The maximum absolute atomic E-state index is 12.0. The lowest BCUT2D eigenvalue weighted by Crippen LogP contribution is -2.42. The van der Waals surface area contributed by atoms with Crippen LogP contribution >= 0.6 is 12.4 Å². The number of carbonyl (C=O) groups excluding carboxylic acids is 1. The molecule has 1 aliphatic heterocycles. The number of nitrogens with zero attached hydrogens (tertiary/aromatic N) is 1. The lowest BCUT2D eigenvalue weighted by molar-refractivity contribution is -0.123. The van der Waals surface area contributed by atoms with Crippen LogP contribution in [-0.4, -0.2) is 18.5 Å². The molecule has 1 aromatic rings. The summed E-state index contributed by atoms with van der Waals surface area (Å²) in [6.07, 6.45) is 1.20. The van der Waals surface area contributed by atoms with Crippen LogP contribution in [0.15, 0.2) is 24.3 Å². The van der Waals surface area contributed by atoms with Crippen LogP contribution in [0.3, 0.4) is 0 Å². The Morgan fingerprint density at radius 2 is 2.16 bits per heavy atom. The molecule has 5 heteroatoms. The SMILES string of the molecule is Cl.N#Cc1ccc(CNC(=O)C2NCC3CC32)cc1. The lowest BCUT2D eigenvalue weighted by atomic mass is 10.1. The number of piperidine rings is 1. The molecular weight excluding hydrogens is 262 g/mol. The number of nitrogens with one attached hydrogen (secondary N) is 2. The van der Waals surface area contributed by atoms with Crippen molar-refractivity contribution in [2.24, 2.45) is 11.8 Å². The molecule has 1 aliphatic carbocycles. The zero-order valence-corrected chi connectivity index (χ0v) is 11.2. The molecule has 3 unspecified atom stereocenters. The number of fused-ring (bicyclic) bond motifs is 1. The molecule has 19 heavy (non-hydrogen) atoms. The molecule has 1 saturated heterocycles. The van der Waals surface area contributed by atoms with Gasteiger partial charge in [0, 0.05) is 6.54 Å². The van der Waals surface area contributed by atoms with Crippen LogP contribution in [0.25, 0.3) is 0 Å². The Balaban J connectivity index is 0.00000133. The van der Waals surface area contributed by atoms with Crippen LogP contribution in [-0.2, 0) is 11.3 Å². The maximum atomic E-state index is 12.0. The van der Waals surface area contributed by atoms with Gasteiger partial charge < -0.3 is 10.6 Å². The van der Waals surface area contributed by atoms with E-state index >= 15 is 0 Å².